The number of rotatable bonds is 7. The molecule has 0 aromatic carbocycles. The highest BCUT2D eigenvalue weighted by molar-refractivity contribution is 5.33. The summed E-state index contributed by atoms with van der Waals surface area (Å²) in [6, 6.07) is 6.63. The zero-order valence-electron chi connectivity index (χ0n) is 24.0. The molecule has 0 aliphatic heterocycles. The normalized spacial score (nSPS) is 40.6. The maximum Gasteiger partial charge on any atom is 0.143 e. The predicted molar refractivity (Wildman–Crippen MR) is 152 cm³/mol. The maximum atomic E-state index is 9.66. The van der Waals surface area contributed by atoms with E-state index < -0.39 is 0 Å². The average Bonchev–Trinajstić information content (AvgIpc) is 3.22. The van der Waals surface area contributed by atoms with E-state index in [0.29, 0.717) is 22.4 Å². The van der Waals surface area contributed by atoms with Crippen molar-refractivity contribution in [1.29, 1.82) is 5.26 Å². The van der Waals surface area contributed by atoms with Crippen molar-refractivity contribution < 1.29 is 1.43 Å². The first-order chi connectivity index (χ1) is 17.3. The quantitative estimate of drug-likeness (QED) is 0.357. The topological polar surface area (TPSA) is 36.7 Å². The molecule has 0 amide bonds. The van der Waals surface area contributed by atoms with Gasteiger partial charge in [-0.25, -0.2) is 4.98 Å². The van der Waals surface area contributed by atoms with E-state index in [4.69, 9.17) is 0 Å². The van der Waals surface area contributed by atoms with Crippen molar-refractivity contribution in [3.63, 3.8) is 0 Å². The van der Waals surface area contributed by atoms with Crippen molar-refractivity contribution >= 4 is 0 Å². The lowest BCUT2D eigenvalue weighted by molar-refractivity contribution is -0.0836. The number of hydrogen-bond donors (Lipinski definition) is 0. The minimum Gasteiger partial charge on any atom is -0.242 e. The van der Waals surface area contributed by atoms with Gasteiger partial charge in [0.25, 0.3) is 0 Å². The maximum absolute atomic E-state index is 9.66. The van der Waals surface area contributed by atoms with Crippen LogP contribution in [0.5, 0.6) is 0 Å². The number of nitrogens with zero attached hydrogens (tertiary/aromatic N) is 2. The fraction of sp³-hybridized carbons (Fsp3) is 0.824. The van der Waals surface area contributed by atoms with Crippen LogP contribution in [-0.2, 0) is 6.42 Å². The largest absolute Gasteiger partial charge is 0.242 e. The van der Waals surface area contributed by atoms with Gasteiger partial charge < -0.3 is 0 Å². The molecule has 0 saturated heterocycles. The highest BCUT2D eigenvalue weighted by Crippen LogP contribution is 2.66. The van der Waals surface area contributed by atoms with Gasteiger partial charge in [-0.05, 0) is 141 Å². The molecule has 1 heterocycles. The Morgan fingerprint density at radius 2 is 1.83 bits per heavy atom. The summed E-state index contributed by atoms with van der Waals surface area (Å²) in [7, 11) is 0. The zero-order chi connectivity index (χ0) is 25.5. The third-order valence-corrected chi connectivity index (χ3v) is 12.3. The number of unbranched alkanes of at least 4 members (excludes halogenated alkanes) is 2. The van der Waals surface area contributed by atoms with E-state index >= 15 is 0 Å². The van der Waals surface area contributed by atoms with Gasteiger partial charge in [0, 0.05) is 7.12 Å². The van der Waals surface area contributed by atoms with Gasteiger partial charge in [0.1, 0.15) is 11.8 Å². The van der Waals surface area contributed by atoms with Crippen LogP contribution in [0.2, 0.25) is 0 Å². The van der Waals surface area contributed by atoms with E-state index in [1.807, 2.05) is 6.92 Å². The molecule has 4 saturated carbocycles. The SMILES string of the molecule is CCCCC[C@@]1(C)CC[C@H]2[C@H](CC[C@H]3C4CC[C@H]([C@H](C)Cc5ccc(C)nc5C#N)[C@@]4(C)CC[C@H]23)C1.[HH]. The molecule has 4 aliphatic carbocycles. The second-order valence-electron chi connectivity index (χ2n) is 14.4. The molecule has 5 rings (SSSR count). The Labute approximate surface area is 223 Å². The number of aryl methyl sites for hydroxylation is 1. The summed E-state index contributed by atoms with van der Waals surface area (Å²) in [6.07, 6.45) is 20.1. The van der Waals surface area contributed by atoms with Crippen molar-refractivity contribution in [3.05, 3.63) is 29.1 Å². The number of aromatic nitrogens is 1. The van der Waals surface area contributed by atoms with Gasteiger partial charge in [-0.3, -0.25) is 0 Å². The Bertz CT molecular complexity index is 967. The number of hydrogen-bond acceptors (Lipinski definition) is 2. The molecule has 2 nitrogen and oxygen atoms in total. The fourth-order valence-corrected chi connectivity index (χ4v) is 10.5. The third kappa shape index (κ3) is 4.78. The summed E-state index contributed by atoms with van der Waals surface area (Å²) >= 11 is 0. The van der Waals surface area contributed by atoms with Crippen LogP contribution in [0.4, 0.5) is 0 Å². The summed E-state index contributed by atoms with van der Waals surface area (Å²) in [5.41, 5.74) is 3.91. The Balaban J connectivity index is 0.00000320. The molecule has 0 radical (unpaired) electrons. The van der Waals surface area contributed by atoms with Crippen molar-refractivity contribution in [3.8, 4) is 6.07 Å². The van der Waals surface area contributed by atoms with Crippen LogP contribution >= 0.6 is 0 Å². The number of nitriles is 1. The molecule has 9 atom stereocenters. The fourth-order valence-electron chi connectivity index (χ4n) is 10.5. The van der Waals surface area contributed by atoms with Crippen LogP contribution in [0, 0.1) is 70.5 Å². The van der Waals surface area contributed by atoms with E-state index in [1.165, 1.54) is 89.0 Å². The van der Waals surface area contributed by atoms with Crippen molar-refractivity contribution in [2.24, 2.45) is 52.3 Å². The molecular formula is C34H54N2. The minimum atomic E-state index is 0. The first kappa shape index (κ1) is 26.3. The highest BCUT2D eigenvalue weighted by atomic mass is 14.7. The molecule has 0 N–H and O–H groups in total. The van der Waals surface area contributed by atoms with Gasteiger partial charge in [0.15, 0.2) is 0 Å². The lowest BCUT2D eigenvalue weighted by Crippen LogP contribution is -2.50. The minimum absolute atomic E-state index is 0. The van der Waals surface area contributed by atoms with Crippen LogP contribution in [0.25, 0.3) is 0 Å². The van der Waals surface area contributed by atoms with Crippen LogP contribution in [0.1, 0.15) is 130 Å². The Morgan fingerprint density at radius 1 is 1.03 bits per heavy atom. The molecule has 1 unspecified atom stereocenters. The summed E-state index contributed by atoms with van der Waals surface area (Å²) in [5, 5.41) is 9.66. The summed E-state index contributed by atoms with van der Waals surface area (Å²) in [4.78, 5) is 4.53. The molecule has 0 bridgehead atoms. The van der Waals surface area contributed by atoms with Crippen molar-refractivity contribution in [2.75, 3.05) is 0 Å². The van der Waals surface area contributed by atoms with Crippen LogP contribution in [0.3, 0.4) is 0 Å². The highest BCUT2D eigenvalue weighted by Gasteiger charge is 2.58. The smallest absolute Gasteiger partial charge is 0.143 e. The van der Waals surface area contributed by atoms with E-state index in [9.17, 15) is 5.26 Å². The molecule has 0 spiro atoms. The predicted octanol–water partition coefficient (Wildman–Crippen LogP) is 9.54. The number of pyridine rings is 1. The van der Waals surface area contributed by atoms with Gasteiger partial charge >= 0.3 is 0 Å². The van der Waals surface area contributed by atoms with E-state index in [-0.39, 0.29) is 1.43 Å². The van der Waals surface area contributed by atoms with Gasteiger partial charge in [-0.1, -0.05) is 53.0 Å². The summed E-state index contributed by atoms with van der Waals surface area (Å²) < 4.78 is 0. The van der Waals surface area contributed by atoms with E-state index in [2.05, 4.69) is 50.9 Å². The van der Waals surface area contributed by atoms with Crippen molar-refractivity contribution in [1.82, 2.24) is 4.98 Å². The van der Waals surface area contributed by atoms with Crippen molar-refractivity contribution in [2.45, 2.75) is 125 Å². The molecular weight excluding hydrogens is 436 g/mol. The van der Waals surface area contributed by atoms with Gasteiger partial charge in [0.2, 0.25) is 0 Å². The summed E-state index contributed by atoms with van der Waals surface area (Å²) in [6.45, 7) is 12.1. The first-order valence-electron chi connectivity index (χ1n) is 15.6. The molecule has 4 fully saturated rings. The average molecular weight is 491 g/mol. The lowest BCUT2D eigenvalue weighted by atomic mass is 9.47. The van der Waals surface area contributed by atoms with E-state index in [0.717, 1.165) is 47.6 Å². The van der Waals surface area contributed by atoms with Gasteiger partial charge in [-0.15, -0.1) is 0 Å². The number of fused-ring (bicyclic) bond motifs is 5. The second-order valence-corrected chi connectivity index (χ2v) is 14.4. The second kappa shape index (κ2) is 10.4. The van der Waals surface area contributed by atoms with E-state index in [1.54, 1.807) is 0 Å². The molecule has 200 valence electrons. The molecule has 4 aliphatic rings. The molecule has 36 heavy (non-hydrogen) atoms. The van der Waals surface area contributed by atoms with Gasteiger partial charge in [0.05, 0.1) is 0 Å². The lowest BCUT2D eigenvalue weighted by Gasteiger charge is -2.58. The van der Waals surface area contributed by atoms with Crippen LogP contribution < -0.4 is 0 Å². The molecule has 1 aromatic heterocycles. The van der Waals surface area contributed by atoms with Gasteiger partial charge in [-0.2, -0.15) is 5.26 Å². The molecule has 1 aromatic rings. The summed E-state index contributed by atoms with van der Waals surface area (Å²) in [5.74, 6) is 6.41. The Kier molecular flexibility index (Phi) is 7.60. The standard InChI is InChI=1S/C34H52N2.H2/c1-6-7-8-17-33(4)18-15-27-26(21-33)11-12-29-28(27)16-19-34(5)30(13-14-31(29)34)23(2)20-25-10-9-24(3)36-32(25)22-35;/h9-10,23,26-31H,6-8,11-21H2,1-5H3;1H/t23-,26-,27+,28-,29-,30-,31?,33+,34-;/m1./s1. The Morgan fingerprint density at radius 3 is 2.61 bits per heavy atom. The molecule has 2 heteroatoms. The Hall–Kier alpha value is -1.36. The van der Waals surface area contributed by atoms with Crippen LogP contribution in [-0.4, -0.2) is 4.98 Å². The van der Waals surface area contributed by atoms with Crippen LogP contribution in [0.15, 0.2) is 12.1 Å². The monoisotopic (exact) mass is 490 g/mol. The zero-order valence-corrected chi connectivity index (χ0v) is 24.0. The first-order valence-corrected chi connectivity index (χ1v) is 15.6. The third-order valence-electron chi connectivity index (χ3n) is 12.3.